The Kier molecular flexibility index (Phi) is 8.81. The number of thiophene rings is 1. The minimum absolute atomic E-state index is 0.0591. The molecule has 0 unspecified atom stereocenters. The second-order valence-corrected chi connectivity index (χ2v) is 9.73. The van der Waals surface area contributed by atoms with Crippen LogP contribution in [0.25, 0.3) is 10.2 Å². The summed E-state index contributed by atoms with van der Waals surface area (Å²) in [6, 6.07) is 0.332. The number of H-pyrrole nitrogens is 1. The van der Waals surface area contributed by atoms with Gasteiger partial charge >= 0.3 is 5.97 Å². The fourth-order valence-corrected chi connectivity index (χ4v) is 5.36. The molecule has 2 aromatic rings. The van der Waals surface area contributed by atoms with Gasteiger partial charge in [-0.15, -0.1) is 11.3 Å². The molecule has 1 fully saturated rings. The molecule has 0 saturated heterocycles. The quantitative estimate of drug-likeness (QED) is 0.518. The SMILES string of the molecule is CCOC(=O)c1sc2nc(CN(C[C@@H](O)COC(C)C)C3CCCCC3)[nH]c(=O)c2c1C. The summed E-state index contributed by atoms with van der Waals surface area (Å²) < 4.78 is 10.7. The van der Waals surface area contributed by atoms with E-state index in [-0.39, 0.29) is 24.9 Å². The standard InChI is InChI=1S/C23H35N3O5S/c1-5-30-23(29)20-15(4)19-21(28)24-18(25-22(19)32-20)12-26(16-9-7-6-8-10-16)11-17(27)13-31-14(2)3/h14,16-17,27H,5-13H2,1-4H3,(H,24,25,28)/t17-/m1/s1. The molecule has 2 aromatic heterocycles. The van der Waals surface area contributed by atoms with Crippen LogP contribution in [0.2, 0.25) is 0 Å². The van der Waals surface area contributed by atoms with Crippen LogP contribution >= 0.6 is 11.3 Å². The molecule has 2 N–H and O–H groups in total. The molecular formula is C23H35N3O5S. The summed E-state index contributed by atoms with van der Waals surface area (Å²) in [6.45, 7) is 8.84. The van der Waals surface area contributed by atoms with Crippen molar-refractivity contribution >= 4 is 27.5 Å². The molecular weight excluding hydrogens is 430 g/mol. The zero-order valence-corrected chi connectivity index (χ0v) is 20.3. The van der Waals surface area contributed by atoms with Gasteiger partial charge in [-0.1, -0.05) is 19.3 Å². The van der Waals surface area contributed by atoms with Crippen molar-refractivity contribution in [3.63, 3.8) is 0 Å². The van der Waals surface area contributed by atoms with E-state index in [1.165, 1.54) is 17.8 Å². The van der Waals surface area contributed by atoms with E-state index in [1.807, 2.05) is 13.8 Å². The lowest BCUT2D eigenvalue weighted by Gasteiger charge is -2.35. The first-order chi connectivity index (χ1) is 15.3. The number of nitrogens with one attached hydrogen (secondary N) is 1. The first-order valence-electron chi connectivity index (χ1n) is 11.5. The lowest BCUT2D eigenvalue weighted by atomic mass is 9.94. The van der Waals surface area contributed by atoms with Crippen molar-refractivity contribution in [2.45, 2.75) is 84.6 Å². The van der Waals surface area contributed by atoms with Gasteiger partial charge in [-0.3, -0.25) is 9.69 Å². The van der Waals surface area contributed by atoms with Gasteiger partial charge in [0.15, 0.2) is 0 Å². The van der Waals surface area contributed by atoms with E-state index in [9.17, 15) is 14.7 Å². The number of aryl methyl sites for hydroxylation is 1. The Labute approximate surface area is 192 Å². The number of fused-ring (bicyclic) bond motifs is 1. The maximum atomic E-state index is 12.8. The third kappa shape index (κ3) is 6.15. The summed E-state index contributed by atoms with van der Waals surface area (Å²) in [6.07, 6.45) is 5.13. The monoisotopic (exact) mass is 465 g/mol. The Morgan fingerprint density at radius 1 is 1.31 bits per heavy atom. The summed E-state index contributed by atoms with van der Waals surface area (Å²) in [4.78, 5) is 35.8. The fraction of sp³-hybridized carbons (Fsp3) is 0.696. The zero-order chi connectivity index (χ0) is 23.3. The minimum atomic E-state index is -0.617. The van der Waals surface area contributed by atoms with Crippen molar-refractivity contribution in [1.29, 1.82) is 0 Å². The van der Waals surface area contributed by atoms with E-state index in [0.717, 1.165) is 25.7 Å². The van der Waals surface area contributed by atoms with Gasteiger partial charge < -0.3 is 19.6 Å². The molecule has 0 radical (unpaired) electrons. The topological polar surface area (TPSA) is 105 Å². The highest BCUT2D eigenvalue weighted by Crippen LogP contribution is 2.28. The van der Waals surface area contributed by atoms with Gasteiger partial charge in [-0.05, 0) is 46.1 Å². The molecule has 0 amide bonds. The molecule has 0 aliphatic heterocycles. The number of carbonyl (C=O) groups is 1. The van der Waals surface area contributed by atoms with E-state index >= 15 is 0 Å². The lowest BCUT2D eigenvalue weighted by Crippen LogP contribution is -2.43. The number of aromatic nitrogens is 2. The van der Waals surface area contributed by atoms with Gasteiger partial charge in [0.05, 0.1) is 37.4 Å². The second kappa shape index (κ2) is 11.4. The van der Waals surface area contributed by atoms with Crippen molar-refractivity contribution in [3.05, 3.63) is 26.6 Å². The van der Waals surface area contributed by atoms with Crippen LogP contribution in [0, 0.1) is 6.92 Å². The van der Waals surface area contributed by atoms with Gasteiger partial charge in [0.2, 0.25) is 0 Å². The Morgan fingerprint density at radius 3 is 2.69 bits per heavy atom. The maximum Gasteiger partial charge on any atom is 0.348 e. The molecule has 1 atom stereocenters. The highest BCUT2D eigenvalue weighted by atomic mass is 32.1. The van der Waals surface area contributed by atoms with E-state index in [2.05, 4.69) is 14.9 Å². The van der Waals surface area contributed by atoms with E-state index < -0.39 is 12.1 Å². The van der Waals surface area contributed by atoms with Crippen LogP contribution in [0.5, 0.6) is 0 Å². The van der Waals surface area contributed by atoms with E-state index in [0.29, 0.717) is 45.6 Å². The van der Waals surface area contributed by atoms with Crippen molar-refractivity contribution in [2.24, 2.45) is 0 Å². The molecule has 32 heavy (non-hydrogen) atoms. The summed E-state index contributed by atoms with van der Waals surface area (Å²) in [7, 11) is 0. The van der Waals surface area contributed by atoms with Crippen molar-refractivity contribution in [3.8, 4) is 0 Å². The predicted molar refractivity (Wildman–Crippen MR) is 125 cm³/mol. The third-order valence-electron chi connectivity index (χ3n) is 5.82. The fourth-order valence-electron chi connectivity index (χ4n) is 4.26. The number of hydrogen-bond donors (Lipinski definition) is 2. The van der Waals surface area contributed by atoms with Crippen LogP contribution in [-0.2, 0) is 16.0 Å². The Bertz CT molecular complexity index is 964. The summed E-state index contributed by atoms with van der Waals surface area (Å²) >= 11 is 1.19. The molecule has 0 spiro atoms. The molecule has 9 heteroatoms. The number of hydrogen-bond acceptors (Lipinski definition) is 8. The number of aromatic amines is 1. The van der Waals surface area contributed by atoms with Crippen LogP contribution in [0.3, 0.4) is 0 Å². The average Bonchev–Trinajstić information content (AvgIpc) is 3.09. The van der Waals surface area contributed by atoms with Crippen LogP contribution in [0.4, 0.5) is 0 Å². The van der Waals surface area contributed by atoms with Crippen LogP contribution in [-0.4, -0.2) is 64.0 Å². The lowest BCUT2D eigenvalue weighted by molar-refractivity contribution is -0.0189. The maximum absolute atomic E-state index is 12.8. The molecule has 2 heterocycles. The Morgan fingerprint density at radius 2 is 2.03 bits per heavy atom. The highest BCUT2D eigenvalue weighted by Gasteiger charge is 2.26. The van der Waals surface area contributed by atoms with E-state index in [1.54, 1.807) is 13.8 Å². The number of nitrogens with zero attached hydrogens (tertiary/aromatic N) is 2. The average molecular weight is 466 g/mol. The molecule has 3 rings (SSSR count). The van der Waals surface area contributed by atoms with Gasteiger partial charge in [0.25, 0.3) is 5.56 Å². The van der Waals surface area contributed by atoms with Crippen molar-refractivity contribution in [1.82, 2.24) is 14.9 Å². The number of carbonyl (C=O) groups excluding carboxylic acids is 1. The molecule has 0 bridgehead atoms. The third-order valence-corrected chi connectivity index (χ3v) is 6.99. The number of aliphatic hydroxyl groups excluding tert-OH is 1. The Hall–Kier alpha value is -1.81. The normalized spacial score (nSPS) is 16.2. The number of rotatable bonds is 10. The molecule has 1 saturated carbocycles. The van der Waals surface area contributed by atoms with Crippen molar-refractivity contribution in [2.75, 3.05) is 19.8 Å². The smallest absolute Gasteiger partial charge is 0.348 e. The second-order valence-electron chi connectivity index (χ2n) is 8.73. The van der Waals surface area contributed by atoms with Crippen LogP contribution < -0.4 is 5.56 Å². The van der Waals surface area contributed by atoms with Crippen molar-refractivity contribution < 1.29 is 19.4 Å². The van der Waals surface area contributed by atoms with Crippen LogP contribution in [0.1, 0.15) is 73.9 Å². The molecule has 1 aliphatic rings. The van der Waals surface area contributed by atoms with Gasteiger partial charge in [0.1, 0.15) is 15.5 Å². The summed E-state index contributed by atoms with van der Waals surface area (Å²) in [5, 5.41) is 11.0. The number of aliphatic hydroxyl groups is 1. The summed E-state index contributed by atoms with van der Waals surface area (Å²) in [5.41, 5.74) is 0.357. The molecule has 1 aliphatic carbocycles. The number of esters is 1. The summed E-state index contributed by atoms with van der Waals surface area (Å²) in [5.74, 6) is 0.118. The molecule has 178 valence electrons. The molecule has 0 aromatic carbocycles. The molecule has 8 nitrogen and oxygen atoms in total. The van der Waals surface area contributed by atoms with Gasteiger partial charge in [-0.2, -0.15) is 0 Å². The minimum Gasteiger partial charge on any atom is -0.462 e. The van der Waals surface area contributed by atoms with E-state index in [4.69, 9.17) is 9.47 Å². The largest absolute Gasteiger partial charge is 0.462 e. The highest BCUT2D eigenvalue weighted by molar-refractivity contribution is 7.20. The predicted octanol–water partition coefficient (Wildman–Crippen LogP) is 3.39. The first kappa shape index (κ1) is 24.8. The zero-order valence-electron chi connectivity index (χ0n) is 19.5. The first-order valence-corrected chi connectivity index (χ1v) is 12.3. The number of ether oxygens (including phenoxy) is 2. The Balaban J connectivity index is 1.85. The van der Waals surface area contributed by atoms with Crippen LogP contribution in [0.15, 0.2) is 4.79 Å². The van der Waals surface area contributed by atoms with Gasteiger partial charge in [0, 0.05) is 12.6 Å². The van der Waals surface area contributed by atoms with Gasteiger partial charge in [-0.25, -0.2) is 9.78 Å².